The lowest BCUT2D eigenvalue weighted by Crippen LogP contribution is -2.32. The van der Waals surface area contributed by atoms with Gasteiger partial charge in [0.05, 0.1) is 11.1 Å². The number of aromatic nitrogens is 3. The summed E-state index contributed by atoms with van der Waals surface area (Å²) >= 11 is 0. The van der Waals surface area contributed by atoms with E-state index in [4.69, 9.17) is 0 Å². The SMILES string of the molecule is Cc1cc(C)c2[nH]c(=O)c(-c3nccn3C3CCCNC3)cc2c1. The van der Waals surface area contributed by atoms with Crippen molar-refractivity contribution in [3.63, 3.8) is 0 Å². The van der Waals surface area contributed by atoms with Gasteiger partial charge in [0.25, 0.3) is 5.56 Å². The van der Waals surface area contributed by atoms with Crippen molar-refractivity contribution in [2.45, 2.75) is 32.7 Å². The number of fused-ring (bicyclic) bond motifs is 1. The number of hydrogen-bond acceptors (Lipinski definition) is 3. The van der Waals surface area contributed by atoms with Crippen molar-refractivity contribution in [1.29, 1.82) is 0 Å². The Hall–Kier alpha value is -2.40. The van der Waals surface area contributed by atoms with Gasteiger partial charge in [0, 0.05) is 25.0 Å². The lowest BCUT2D eigenvalue weighted by molar-refractivity contribution is 0.374. The van der Waals surface area contributed by atoms with Gasteiger partial charge in [-0.15, -0.1) is 0 Å². The lowest BCUT2D eigenvalue weighted by Gasteiger charge is -2.25. The zero-order valence-electron chi connectivity index (χ0n) is 14.1. The second kappa shape index (κ2) is 5.91. The number of nitrogens with zero attached hydrogens (tertiary/aromatic N) is 2. The van der Waals surface area contributed by atoms with Gasteiger partial charge in [-0.3, -0.25) is 4.79 Å². The fraction of sp³-hybridized carbons (Fsp3) is 0.368. The summed E-state index contributed by atoms with van der Waals surface area (Å²) < 4.78 is 2.14. The van der Waals surface area contributed by atoms with E-state index in [-0.39, 0.29) is 5.56 Å². The van der Waals surface area contributed by atoms with Crippen LogP contribution in [0.5, 0.6) is 0 Å². The predicted octanol–water partition coefficient (Wildman–Crippen LogP) is 2.93. The van der Waals surface area contributed by atoms with Gasteiger partial charge in [-0.25, -0.2) is 4.98 Å². The fourth-order valence-electron chi connectivity index (χ4n) is 3.74. The minimum absolute atomic E-state index is 0.0781. The molecule has 0 saturated carbocycles. The Bertz CT molecular complexity index is 948. The molecule has 2 aromatic heterocycles. The summed E-state index contributed by atoms with van der Waals surface area (Å²) in [7, 11) is 0. The highest BCUT2D eigenvalue weighted by Crippen LogP contribution is 2.26. The highest BCUT2D eigenvalue weighted by Gasteiger charge is 2.20. The predicted molar refractivity (Wildman–Crippen MR) is 96.4 cm³/mol. The van der Waals surface area contributed by atoms with Crippen molar-refractivity contribution in [2.24, 2.45) is 0 Å². The van der Waals surface area contributed by atoms with Crippen LogP contribution in [0, 0.1) is 13.8 Å². The van der Waals surface area contributed by atoms with Gasteiger partial charge >= 0.3 is 0 Å². The van der Waals surface area contributed by atoms with Gasteiger partial charge in [-0.05, 0) is 56.3 Å². The average molecular weight is 322 g/mol. The summed E-state index contributed by atoms with van der Waals surface area (Å²) in [5, 5.41) is 4.48. The number of aromatic amines is 1. The number of benzene rings is 1. The van der Waals surface area contributed by atoms with E-state index in [1.807, 2.05) is 19.2 Å². The number of nitrogens with one attached hydrogen (secondary N) is 2. The molecule has 0 radical (unpaired) electrons. The molecule has 1 atom stereocenters. The molecule has 3 heterocycles. The first-order valence-corrected chi connectivity index (χ1v) is 8.51. The molecule has 4 rings (SSSR count). The Balaban J connectivity index is 1.87. The van der Waals surface area contributed by atoms with E-state index in [2.05, 4.69) is 38.9 Å². The quantitative estimate of drug-likeness (QED) is 0.762. The van der Waals surface area contributed by atoms with Crippen LogP contribution in [0.1, 0.15) is 30.0 Å². The smallest absolute Gasteiger partial charge is 0.259 e. The molecule has 2 N–H and O–H groups in total. The van der Waals surface area contributed by atoms with Gasteiger partial charge in [-0.2, -0.15) is 0 Å². The van der Waals surface area contributed by atoms with Crippen LogP contribution in [0.2, 0.25) is 0 Å². The van der Waals surface area contributed by atoms with Crippen LogP contribution in [0.3, 0.4) is 0 Å². The van der Waals surface area contributed by atoms with Crippen molar-refractivity contribution in [2.75, 3.05) is 13.1 Å². The second-order valence-electron chi connectivity index (χ2n) is 6.72. The van der Waals surface area contributed by atoms with E-state index in [1.165, 1.54) is 5.56 Å². The number of piperidine rings is 1. The summed E-state index contributed by atoms with van der Waals surface area (Å²) in [4.78, 5) is 20.2. The van der Waals surface area contributed by atoms with Crippen molar-refractivity contribution in [1.82, 2.24) is 19.9 Å². The fourth-order valence-corrected chi connectivity index (χ4v) is 3.74. The third kappa shape index (κ3) is 2.55. The highest BCUT2D eigenvalue weighted by atomic mass is 16.1. The van der Waals surface area contributed by atoms with Crippen LogP contribution in [0.15, 0.2) is 35.4 Å². The van der Waals surface area contributed by atoms with Crippen molar-refractivity contribution in [3.8, 4) is 11.4 Å². The summed E-state index contributed by atoms with van der Waals surface area (Å²) in [6.07, 6.45) is 6.03. The molecule has 0 spiro atoms. The molecule has 0 aliphatic carbocycles. The summed E-state index contributed by atoms with van der Waals surface area (Å²) in [5.74, 6) is 0.756. The average Bonchev–Trinajstić information content (AvgIpc) is 3.05. The number of imidazole rings is 1. The molecule has 1 saturated heterocycles. The Morgan fingerprint density at radius 3 is 2.92 bits per heavy atom. The maximum absolute atomic E-state index is 12.7. The number of hydrogen-bond donors (Lipinski definition) is 2. The highest BCUT2D eigenvalue weighted by molar-refractivity contribution is 5.85. The monoisotopic (exact) mass is 322 g/mol. The number of H-pyrrole nitrogens is 1. The van der Waals surface area contributed by atoms with Gasteiger partial charge in [0.1, 0.15) is 5.82 Å². The van der Waals surface area contributed by atoms with E-state index in [9.17, 15) is 4.79 Å². The molecule has 3 aromatic rings. The molecule has 24 heavy (non-hydrogen) atoms. The molecule has 1 aliphatic rings. The van der Waals surface area contributed by atoms with Gasteiger partial charge in [-0.1, -0.05) is 11.6 Å². The van der Waals surface area contributed by atoms with Crippen molar-refractivity contribution < 1.29 is 0 Å². The molecule has 1 aromatic carbocycles. The minimum atomic E-state index is -0.0781. The number of aryl methyl sites for hydroxylation is 2. The first kappa shape index (κ1) is 15.1. The van der Waals surface area contributed by atoms with Crippen LogP contribution >= 0.6 is 0 Å². The third-order valence-electron chi connectivity index (χ3n) is 4.87. The van der Waals surface area contributed by atoms with Crippen LogP contribution < -0.4 is 10.9 Å². The molecule has 5 nitrogen and oxygen atoms in total. The molecular weight excluding hydrogens is 300 g/mol. The molecule has 1 fully saturated rings. The first-order valence-electron chi connectivity index (χ1n) is 8.51. The van der Waals surface area contributed by atoms with E-state index >= 15 is 0 Å². The maximum atomic E-state index is 12.7. The summed E-state index contributed by atoms with van der Waals surface area (Å²) in [6.45, 7) is 6.09. The van der Waals surface area contributed by atoms with E-state index in [1.54, 1.807) is 6.20 Å². The minimum Gasteiger partial charge on any atom is -0.326 e. The molecule has 5 heteroatoms. The standard InChI is InChI=1S/C19H22N4O/c1-12-8-13(2)17-14(9-12)10-16(19(24)22-17)18-21-6-7-23(18)15-4-3-5-20-11-15/h6-10,15,20H,3-5,11H2,1-2H3,(H,22,24). The third-order valence-corrected chi connectivity index (χ3v) is 4.87. The Kier molecular flexibility index (Phi) is 3.73. The van der Waals surface area contributed by atoms with Crippen LogP contribution in [0.25, 0.3) is 22.3 Å². The lowest BCUT2D eigenvalue weighted by atomic mass is 10.0. The molecule has 1 unspecified atom stereocenters. The summed E-state index contributed by atoms with van der Waals surface area (Å²) in [6, 6.07) is 6.53. The van der Waals surface area contributed by atoms with Gasteiger partial charge in [0.2, 0.25) is 0 Å². The zero-order valence-corrected chi connectivity index (χ0v) is 14.1. The first-order chi connectivity index (χ1) is 11.6. The molecule has 0 amide bonds. The number of rotatable bonds is 2. The second-order valence-corrected chi connectivity index (χ2v) is 6.72. The zero-order chi connectivity index (χ0) is 16.7. The van der Waals surface area contributed by atoms with Gasteiger partial charge in [0.15, 0.2) is 0 Å². The maximum Gasteiger partial charge on any atom is 0.259 e. The Morgan fingerprint density at radius 2 is 2.12 bits per heavy atom. The van der Waals surface area contributed by atoms with Crippen molar-refractivity contribution in [3.05, 3.63) is 52.1 Å². The van der Waals surface area contributed by atoms with Crippen LogP contribution in [-0.4, -0.2) is 27.6 Å². The molecule has 1 aliphatic heterocycles. The van der Waals surface area contributed by atoms with E-state index in [0.29, 0.717) is 11.6 Å². The van der Waals surface area contributed by atoms with E-state index in [0.717, 1.165) is 48.2 Å². The van der Waals surface area contributed by atoms with Gasteiger partial charge < -0.3 is 14.9 Å². The van der Waals surface area contributed by atoms with Crippen molar-refractivity contribution >= 4 is 10.9 Å². The summed E-state index contributed by atoms with van der Waals surface area (Å²) in [5.41, 5.74) is 3.76. The van der Waals surface area contributed by atoms with E-state index < -0.39 is 0 Å². The van der Waals surface area contributed by atoms with Crippen LogP contribution in [-0.2, 0) is 0 Å². The molecule has 124 valence electrons. The number of pyridine rings is 1. The molecular formula is C19H22N4O. The largest absolute Gasteiger partial charge is 0.326 e. The van der Waals surface area contributed by atoms with Crippen LogP contribution in [0.4, 0.5) is 0 Å². The topological polar surface area (TPSA) is 62.7 Å². The Labute approximate surface area is 140 Å². The molecule has 0 bridgehead atoms. The Morgan fingerprint density at radius 1 is 1.25 bits per heavy atom. The normalized spacial score (nSPS) is 18.2.